The van der Waals surface area contributed by atoms with E-state index >= 15 is 0 Å². The monoisotopic (exact) mass is 425 g/mol. The van der Waals surface area contributed by atoms with Crippen LogP contribution >= 0.6 is 15.9 Å². The van der Waals surface area contributed by atoms with Gasteiger partial charge in [0.25, 0.3) is 0 Å². The Morgan fingerprint density at radius 2 is 1.88 bits per heavy atom. The number of anilines is 1. The Labute approximate surface area is 164 Å². The molecule has 2 amide bonds. The molecule has 26 heavy (non-hydrogen) atoms. The molecule has 144 valence electrons. The third-order valence-corrected chi connectivity index (χ3v) is 6.03. The standard InChI is InChI=1S/C20H29BrFN3O/c1-14-9-15(2)12-24(11-14)13-16-5-7-25(8-6-16)20(26)23-19-4-3-17(21)10-18(19)22/h3-4,10,14-16H,5-9,11-13H2,1-2H3,(H,23,26)/t14-,15-/m0/s1. The highest BCUT2D eigenvalue weighted by Gasteiger charge is 2.27. The summed E-state index contributed by atoms with van der Waals surface area (Å²) in [6, 6.07) is 4.47. The molecule has 2 atom stereocenters. The minimum absolute atomic E-state index is 0.204. The highest BCUT2D eigenvalue weighted by atomic mass is 79.9. The highest BCUT2D eigenvalue weighted by molar-refractivity contribution is 9.10. The molecule has 1 aromatic carbocycles. The Hall–Kier alpha value is -1.14. The van der Waals surface area contributed by atoms with E-state index in [1.807, 2.05) is 0 Å². The van der Waals surface area contributed by atoms with E-state index in [9.17, 15) is 9.18 Å². The molecule has 0 spiro atoms. The summed E-state index contributed by atoms with van der Waals surface area (Å²) in [5.74, 6) is 1.80. The van der Waals surface area contributed by atoms with Gasteiger partial charge in [-0.15, -0.1) is 0 Å². The van der Waals surface area contributed by atoms with Crippen LogP contribution < -0.4 is 5.32 Å². The Morgan fingerprint density at radius 3 is 2.50 bits per heavy atom. The van der Waals surface area contributed by atoms with Gasteiger partial charge in [-0.25, -0.2) is 9.18 Å². The molecule has 2 saturated heterocycles. The van der Waals surface area contributed by atoms with Gasteiger partial charge in [0.2, 0.25) is 0 Å². The van der Waals surface area contributed by atoms with E-state index in [0.717, 1.165) is 44.3 Å². The molecule has 1 N–H and O–H groups in total. The molecule has 0 aromatic heterocycles. The lowest BCUT2D eigenvalue weighted by atomic mass is 9.89. The molecule has 2 fully saturated rings. The number of carbonyl (C=O) groups is 1. The molecule has 2 aliphatic rings. The lowest BCUT2D eigenvalue weighted by molar-refractivity contribution is 0.101. The summed E-state index contributed by atoms with van der Waals surface area (Å²) in [4.78, 5) is 16.8. The second-order valence-corrected chi connectivity index (χ2v) is 9.07. The van der Waals surface area contributed by atoms with Crippen molar-refractivity contribution < 1.29 is 9.18 Å². The first-order valence-electron chi connectivity index (χ1n) is 9.64. The number of halogens is 2. The number of piperidine rings is 2. The summed E-state index contributed by atoms with van der Waals surface area (Å²) in [6.45, 7) is 9.72. The molecule has 1 aromatic rings. The molecule has 0 saturated carbocycles. The number of nitrogens with one attached hydrogen (secondary N) is 1. The van der Waals surface area contributed by atoms with Crippen LogP contribution in [0.4, 0.5) is 14.9 Å². The normalized spacial score (nSPS) is 25.3. The highest BCUT2D eigenvalue weighted by Crippen LogP contribution is 2.25. The number of urea groups is 1. The fourth-order valence-electron chi connectivity index (χ4n) is 4.41. The summed E-state index contributed by atoms with van der Waals surface area (Å²) in [7, 11) is 0. The Morgan fingerprint density at radius 1 is 1.23 bits per heavy atom. The van der Waals surface area contributed by atoms with E-state index in [0.29, 0.717) is 10.4 Å². The molecular weight excluding hydrogens is 397 g/mol. The van der Waals surface area contributed by atoms with E-state index < -0.39 is 5.82 Å². The zero-order valence-corrected chi connectivity index (χ0v) is 17.3. The minimum Gasteiger partial charge on any atom is -0.325 e. The molecule has 6 heteroatoms. The molecular formula is C20H29BrFN3O. The number of hydrogen-bond donors (Lipinski definition) is 1. The van der Waals surface area contributed by atoms with E-state index in [1.54, 1.807) is 17.0 Å². The molecule has 2 aliphatic heterocycles. The van der Waals surface area contributed by atoms with Crippen molar-refractivity contribution in [2.75, 3.05) is 38.0 Å². The molecule has 0 aliphatic carbocycles. The van der Waals surface area contributed by atoms with Crippen LogP contribution in [0, 0.1) is 23.6 Å². The number of likely N-dealkylation sites (tertiary alicyclic amines) is 2. The summed E-state index contributed by atoms with van der Waals surface area (Å²) in [5.41, 5.74) is 0.233. The average Bonchev–Trinajstić information content (AvgIpc) is 2.57. The molecule has 3 rings (SSSR count). The van der Waals surface area contributed by atoms with Crippen molar-refractivity contribution in [1.82, 2.24) is 9.80 Å². The number of benzene rings is 1. The Bertz CT molecular complexity index is 623. The fourth-order valence-corrected chi connectivity index (χ4v) is 4.74. The maximum absolute atomic E-state index is 13.9. The van der Waals surface area contributed by atoms with Gasteiger partial charge in [0, 0.05) is 37.2 Å². The fraction of sp³-hybridized carbons (Fsp3) is 0.650. The number of amides is 2. The second-order valence-electron chi connectivity index (χ2n) is 8.15. The second kappa shape index (κ2) is 8.70. The number of carbonyl (C=O) groups excluding carboxylic acids is 1. The van der Waals surface area contributed by atoms with Gasteiger partial charge in [0.15, 0.2) is 0 Å². The van der Waals surface area contributed by atoms with E-state index in [-0.39, 0.29) is 11.7 Å². The first-order chi connectivity index (χ1) is 12.4. The lowest BCUT2D eigenvalue weighted by Crippen LogP contribution is -2.46. The maximum Gasteiger partial charge on any atom is 0.321 e. The molecule has 0 bridgehead atoms. The lowest BCUT2D eigenvalue weighted by Gasteiger charge is -2.39. The van der Waals surface area contributed by atoms with Gasteiger partial charge in [-0.05, 0) is 55.2 Å². The van der Waals surface area contributed by atoms with Crippen molar-refractivity contribution in [2.45, 2.75) is 33.1 Å². The van der Waals surface area contributed by atoms with Crippen molar-refractivity contribution in [1.29, 1.82) is 0 Å². The number of nitrogens with zero attached hydrogens (tertiary/aromatic N) is 2. The van der Waals surface area contributed by atoms with Crippen molar-refractivity contribution in [3.05, 3.63) is 28.5 Å². The van der Waals surface area contributed by atoms with Crippen LogP contribution in [0.25, 0.3) is 0 Å². The first kappa shape index (κ1) is 19.6. The first-order valence-corrected chi connectivity index (χ1v) is 10.4. The number of hydrogen-bond acceptors (Lipinski definition) is 2. The van der Waals surface area contributed by atoms with Gasteiger partial charge >= 0.3 is 6.03 Å². The third-order valence-electron chi connectivity index (χ3n) is 5.54. The number of rotatable bonds is 3. The Balaban J connectivity index is 1.46. The maximum atomic E-state index is 13.9. The van der Waals surface area contributed by atoms with Crippen molar-refractivity contribution in [3.63, 3.8) is 0 Å². The summed E-state index contributed by atoms with van der Waals surface area (Å²) < 4.78 is 14.6. The largest absolute Gasteiger partial charge is 0.325 e. The minimum atomic E-state index is -0.420. The zero-order chi connectivity index (χ0) is 18.7. The molecule has 0 radical (unpaired) electrons. The van der Waals surface area contributed by atoms with Crippen molar-refractivity contribution >= 4 is 27.6 Å². The van der Waals surface area contributed by atoms with Crippen LogP contribution in [0.3, 0.4) is 0 Å². The smallest absolute Gasteiger partial charge is 0.321 e. The van der Waals surface area contributed by atoms with Gasteiger partial charge in [-0.3, -0.25) is 0 Å². The van der Waals surface area contributed by atoms with E-state index in [4.69, 9.17) is 0 Å². The van der Waals surface area contributed by atoms with Crippen LogP contribution in [0.2, 0.25) is 0 Å². The van der Waals surface area contributed by atoms with Gasteiger partial charge in [-0.2, -0.15) is 0 Å². The van der Waals surface area contributed by atoms with Gasteiger partial charge in [0.1, 0.15) is 5.82 Å². The van der Waals surface area contributed by atoms with Gasteiger partial charge < -0.3 is 15.1 Å². The van der Waals surface area contributed by atoms with E-state index in [2.05, 4.69) is 40.0 Å². The van der Waals surface area contributed by atoms with E-state index in [1.165, 1.54) is 25.6 Å². The summed E-state index contributed by atoms with van der Waals surface area (Å²) in [5, 5.41) is 2.70. The Kier molecular flexibility index (Phi) is 6.56. The van der Waals surface area contributed by atoms with Gasteiger partial charge in [0.05, 0.1) is 5.69 Å². The molecule has 0 unspecified atom stereocenters. The van der Waals surface area contributed by atoms with Crippen molar-refractivity contribution in [3.8, 4) is 0 Å². The predicted octanol–water partition coefficient (Wildman–Crippen LogP) is 4.81. The van der Waals surface area contributed by atoms with Crippen molar-refractivity contribution in [2.24, 2.45) is 17.8 Å². The van der Waals surface area contributed by atoms with Crippen LogP contribution in [0.15, 0.2) is 22.7 Å². The zero-order valence-electron chi connectivity index (χ0n) is 15.7. The van der Waals surface area contributed by atoms with Crippen LogP contribution in [0.5, 0.6) is 0 Å². The summed E-state index contributed by atoms with van der Waals surface area (Å²) >= 11 is 3.23. The topological polar surface area (TPSA) is 35.6 Å². The van der Waals surface area contributed by atoms with Gasteiger partial charge in [-0.1, -0.05) is 29.8 Å². The van der Waals surface area contributed by atoms with Crippen LogP contribution in [-0.2, 0) is 0 Å². The summed E-state index contributed by atoms with van der Waals surface area (Å²) in [6.07, 6.45) is 3.38. The molecule has 2 heterocycles. The predicted molar refractivity (Wildman–Crippen MR) is 107 cm³/mol. The quantitative estimate of drug-likeness (QED) is 0.753. The SMILES string of the molecule is C[C@H]1C[C@H](C)CN(CC2CCN(C(=O)Nc3ccc(Br)cc3F)CC2)C1. The third kappa shape index (κ3) is 5.19. The molecule has 4 nitrogen and oxygen atoms in total. The van der Waals surface area contributed by atoms with Crippen LogP contribution in [0.1, 0.15) is 33.1 Å². The van der Waals surface area contributed by atoms with Crippen LogP contribution in [-0.4, -0.2) is 48.6 Å². The average molecular weight is 426 g/mol.